The monoisotopic (exact) mass is 468 g/mol. The number of hydrogen-bond donors (Lipinski definition) is 1. The van der Waals surface area contributed by atoms with Crippen LogP contribution < -0.4 is 10.1 Å². The van der Waals surface area contributed by atoms with Gasteiger partial charge in [-0.25, -0.2) is 0 Å². The van der Waals surface area contributed by atoms with Crippen molar-refractivity contribution in [3.8, 4) is 5.75 Å². The summed E-state index contributed by atoms with van der Waals surface area (Å²) in [7, 11) is 1.63. The normalized spacial score (nSPS) is 15.0. The highest BCUT2D eigenvalue weighted by molar-refractivity contribution is 8.00. The molecular weight excluding hydrogens is 432 g/mol. The van der Waals surface area contributed by atoms with E-state index in [0.29, 0.717) is 18.7 Å². The molecule has 1 N–H and O–H groups in total. The first-order valence-electron chi connectivity index (χ1n) is 11.9. The quantitative estimate of drug-likeness (QED) is 0.478. The van der Waals surface area contributed by atoms with Gasteiger partial charge in [-0.15, -0.1) is 11.8 Å². The molecule has 2 amide bonds. The summed E-state index contributed by atoms with van der Waals surface area (Å²) < 4.78 is 5.36. The molecule has 1 fully saturated rings. The van der Waals surface area contributed by atoms with E-state index in [4.69, 9.17) is 4.74 Å². The number of amides is 2. The molecule has 0 radical (unpaired) electrons. The molecular formula is C27H36N2O3S. The topological polar surface area (TPSA) is 58.6 Å². The minimum absolute atomic E-state index is 0.0333. The van der Waals surface area contributed by atoms with Crippen molar-refractivity contribution in [1.82, 2.24) is 10.2 Å². The highest BCUT2D eigenvalue weighted by Crippen LogP contribution is 2.23. The number of aryl methyl sites for hydroxylation is 1. The third-order valence-corrected chi connectivity index (χ3v) is 7.20. The number of hydrogen-bond acceptors (Lipinski definition) is 4. The molecule has 33 heavy (non-hydrogen) atoms. The third kappa shape index (κ3) is 7.53. The van der Waals surface area contributed by atoms with Crippen molar-refractivity contribution in [2.45, 2.75) is 75.9 Å². The summed E-state index contributed by atoms with van der Waals surface area (Å²) in [5, 5.41) is 3.23. The molecule has 0 saturated heterocycles. The molecule has 6 heteroatoms. The Morgan fingerprint density at radius 3 is 2.52 bits per heavy atom. The molecule has 1 aliphatic rings. The maximum absolute atomic E-state index is 13.4. The van der Waals surface area contributed by atoms with Gasteiger partial charge in [0.25, 0.3) is 0 Å². The molecule has 2 aromatic carbocycles. The van der Waals surface area contributed by atoms with Gasteiger partial charge in [-0.05, 0) is 56.0 Å². The summed E-state index contributed by atoms with van der Waals surface area (Å²) in [6.07, 6.45) is 6.16. The summed E-state index contributed by atoms with van der Waals surface area (Å²) in [6.45, 7) is 4.40. The van der Waals surface area contributed by atoms with Crippen molar-refractivity contribution in [3.63, 3.8) is 0 Å². The lowest BCUT2D eigenvalue weighted by atomic mass is 9.95. The zero-order valence-corrected chi connectivity index (χ0v) is 20.8. The summed E-state index contributed by atoms with van der Waals surface area (Å²) in [5.41, 5.74) is 2.14. The van der Waals surface area contributed by atoms with Crippen molar-refractivity contribution >= 4 is 23.6 Å². The molecule has 1 aliphatic carbocycles. The van der Waals surface area contributed by atoms with Gasteiger partial charge in [0.15, 0.2) is 0 Å². The average molecular weight is 469 g/mol. The van der Waals surface area contributed by atoms with Gasteiger partial charge >= 0.3 is 0 Å². The van der Waals surface area contributed by atoms with Gasteiger partial charge in [0.05, 0.1) is 12.9 Å². The second-order valence-electron chi connectivity index (χ2n) is 8.74. The van der Waals surface area contributed by atoms with Crippen LogP contribution in [0.15, 0.2) is 53.4 Å². The van der Waals surface area contributed by atoms with Crippen LogP contribution in [-0.4, -0.2) is 41.7 Å². The number of rotatable bonds is 10. The number of ether oxygens (including phenoxy) is 1. The van der Waals surface area contributed by atoms with Crippen molar-refractivity contribution < 1.29 is 14.3 Å². The van der Waals surface area contributed by atoms with Crippen LogP contribution in [0.4, 0.5) is 0 Å². The van der Waals surface area contributed by atoms with Crippen LogP contribution in [-0.2, 0) is 16.1 Å². The first-order valence-corrected chi connectivity index (χ1v) is 12.9. The third-order valence-electron chi connectivity index (χ3n) is 6.21. The smallest absolute Gasteiger partial charge is 0.243 e. The fraction of sp³-hybridized carbons (Fsp3) is 0.481. The predicted molar refractivity (Wildman–Crippen MR) is 135 cm³/mol. The molecule has 0 bridgehead atoms. The Hall–Kier alpha value is -2.47. The van der Waals surface area contributed by atoms with Crippen LogP contribution in [0.2, 0.25) is 0 Å². The minimum Gasteiger partial charge on any atom is -0.497 e. The lowest BCUT2D eigenvalue weighted by molar-refractivity contribution is -0.139. The molecule has 0 aliphatic heterocycles. The minimum atomic E-state index is -0.496. The van der Waals surface area contributed by atoms with Gasteiger partial charge in [0.1, 0.15) is 11.8 Å². The molecule has 0 spiro atoms. The molecule has 0 aromatic heterocycles. The van der Waals surface area contributed by atoms with Crippen molar-refractivity contribution in [2.24, 2.45) is 0 Å². The van der Waals surface area contributed by atoms with Crippen molar-refractivity contribution in [2.75, 3.05) is 12.9 Å². The Balaban J connectivity index is 1.76. The number of nitrogens with one attached hydrogen (secondary N) is 1. The van der Waals surface area contributed by atoms with Crippen LogP contribution in [0.25, 0.3) is 0 Å². The van der Waals surface area contributed by atoms with Gasteiger partial charge in [0.2, 0.25) is 11.8 Å². The van der Waals surface area contributed by atoms with E-state index in [2.05, 4.69) is 5.32 Å². The number of carbonyl (C=O) groups excluding carboxylic acids is 2. The van der Waals surface area contributed by atoms with E-state index in [1.807, 2.05) is 62.4 Å². The van der Waals surface area contributed by atoms with E-state index in [-0.39, 0.29) is 17.9 Å². The maximum atomic E-state index is 13.4. The molecule has 178 valence electrons. The second-order valence-corrected chi connectivity index (χ2v) is 9.79. The molecule has 1 saturated carbocycles. The summed E-state index contributed by atoms with van der Waals surface area (Å²) in [5.74, 6) is 0.962. The number of nitrogens with zero attached hydrogens (tertiary/aromatic N) is 1. The second kappa shape index (κ2) is 12.7. The highest BCUT2D eigenvalue weighted by Gasteiger charge is 2.30. The largest absolute Gasteiger partial charge is 0.497 e. The molecule has 0 unspecified atom stereocenters. The fourth-order valence-corrected chi connectivity index (χ4v) is 5.08. The number of carbonyl (C=O) groups is 2. The standard InChI is InChI=1S/C27H36N2O3S/c1-4-25(27(31)28-22-10-6-5-7-11-22)29(18-21-9-8-12-23(17-21)32-3)26(30)19-33-24-15-13-20(2)14-16-24/h8-9,12-17,22,25H,4-7,10-11,18-19H2,1-3H3,(H,28,31)/t25-/m0/s1. The maximum Gasteiger partial charge on any atom is 0.243 e. The summed E-state index contributed by atoms with van der Waals surface area (Å²) in [6, 6.07) is 15.6. The van der Waals surface area contributed by atoms with E-state index in [0.717, 1.165) is 41.9 Å². The van der Waals surface area contributed by atoms with Gasteiger partial charge in [-0.1, -0.05) is 56.0 Å². The first-order chi connectivity index (χ1) is 16.0. The van der Waals surface area contributed by atoms with Crippen LogP contribution in [0.3, 0.4) is 0 Å². The van der Waals surface area contributed by atoms with E-state index < -0.39 is 6.04 Å². The predicted octanol–water partition coefficient (Wildman–Crippen LogP) is 5.35. The van der Waals surface area contributed by atoms with Crippen molar-refractivity contribution in [3.05, 3.63) is 59.7 Å². The number of methoxy groups -OCH3 is 1. The SMILES string of the molecule is CC[C@@H](C(=O)NC1CCCCC1)N(Cc1cccc(OC)c1)C(=O)CSc1ccc(C)cc1. The lowest BCUT2D eigenvalue weighted by Crippen LogP contribution is -2.52. The number of thioether (sulfide) groups is 1. The van der Waals surface area contributed by atoms with Crippen LogP contribution >= 0.6 is 11.8 Å². The van der Waals surface area contributed by atoms with Crippen LogP contribution in [0, 0.1) is 6.92 Å². The highest BCUT2D eigenvalue weighted by atomic mass is 32.2. The van der Waals surface area contributed by atoms with E-state index in [1.54, 1.807) is 12.0 Å². The Kier molecular flexibility index (Phi) is 9.67. The molecule has 3 rings (SSSR count). The molecule has 0 heterocycles. The van der Waals surface area contributed by atoms with E-state index in [1.165, 1.54) is 23.7 Å². The van der Waals surface area contributed by atoms with Crippen LogP contribution in [0.5, 0.6) is 5.75 Å². The Morgan fingerprint density at radius 1 is 1.12 bits per heavy atom. The molecule has 2 aromatic rings. The molecule has 5 nitrogen and oxygen atoms in total. The first kappa shape index (κ1) is 25.2. The fourth-order valence-electron chi connectivity index (χ4n) is 4.29. The lowest BCUT2D eigenvalue weighted by Gasteiger charge is -2.32. The zero-order valence-electron chi connectivity index (χ0n) is 20.0. The Labute approximate surface area is 202 Å². The van der Waals surface area contributed by atoms with E-state index in [9.17, 15) is 9.59 Å². The molecule has 1 atom stereocenters. The zero-order chi connectivity index (χ0) is 23.6. The Morgan fingerprint density at radius 2 is 1.85 bits per heavy atom. The average Bonchev–Trinajstić information content (AvgIpc) is 2.84. The van der Waals surface area contributed by atoms with Gasteiger partial charge < -0.3 is 15.0 Å². The van der Waals surface area contributed by atoms with Gasteiger partial charge in [0, 0.05) is 17.5 Å². The Bertz CT molecular complexity index is 910. The summed E-state index contributed by atoms with van der Waals surface area (Å²) in [4.78, 5) is 29.5. The van der Waals surface area contributed by atoms with Crippen LogP contribution in [0.1, 0.15) is 56.6 Å². The van der Waals surface area contributed by atoms with Gasteiger partial charge in [-0.3, -0.25) is 9.59 Å². The number of benzene rings is 2. The summed E-state index contributed by atoms with van der Waals surface area (Å²) >= 11 is 1.51. The van der Waals surface area contributed by atoms with Crippen molar-refractivity contribution in [1.29, 1.82) is 0 Å². The van der Waals surface area contributed by atoms with E-state index >= 15 is 0 Å². The van der Waals surface area contributed by atoms with Gasteiger partial charge in [-0.2, -0.15) is 0 Å².